The fourth-order valence-electron chi connectivity index (χ4n) is 2.78. The molecule has 10 heteroatoms. The summed E-state index contributed by atoms with van der Waals surface area (Å²) in [6.07, 6.45) is -0.00727. The summed E-state index contributed by atoms with van der Waals surface area (Å²) in [7, 11) is -3.55. The molecule has 166 valence electrons. The average Bonchev–Trinajstić information content (AvgIpc) is 3.12. The maximum absolute atomic E-state index is 12.0. The molecule has 2 aromatic carbocycles. The van der Waals surface area contributed by atoms with Crippen LogP contribution < -0.4 is 15.4 Å². The number of aryl methyl sites for hydroxylation is 1. The molecule has 4 N–H and O–H groups in total. The number of benzene rings is 2. The van der Waals surface area contributed by atoms with Gasteiger partial charge in [-0.3, -0.25) is 4.79 Å². The Morgan fingerprint density at radius 2 is 2.06 bits per heavy atom. The Morgan fingerprint density at radius 3 is 2.84 bits per heavy atom. The number of rotatable bonds is 8. The van der Waals surface area contributed by atoms with Crippen LogP contribution in [-0.4, -0.2) is 37.5 Å². The Bertz CT molecular complexity index is 1320. The molecule has 3 aromatic rings. The third kappa shape index (κ3) is 6.55. The summed E-state index contributed by atoms with van der Waals surface area (Å²) < 4.78 is 25.7. The molecule has 0 bridgehead atoms. The molecule has 1 aromatic heterocycles. The van der Waals surface area contributed by atoms with Crippen molar-refractivity contribution in [2.24, 2.45) is 0 Å². The van der Waals surface area contributed by atoms with Crippen molar-refractivity contribution >= 4 is 48.9 Å². The minimum Gasteiger partial charge on any atom is -0.506 e. The SMILES string of the molecule is C=CS(=O)(=O)NCCC(=O)Nc1cccc(NCC#Cc2cc(O)c3nc(C)sc3c2)c1. The Balaban J connectivity index is 1.53. The molecule has 1 heterocycles. The molecular weight excluding hydrogens is 448 g/mol. The van der Waals surface area contributed by atoms with E-state index in [2.05, 4.69) is 38.8 Å². The molecule has 32 heavy (non-hydrogen) atoms. The van der Waals surface area contributed by atoms with Gasteiger partial charge >= 0.3 is 0 Å². The summed E-state index contributed by atoms with van der Waals surface area (Å²) in [4.78, 5) is 16.3. The van der Waals surface area contributed by atoms with Crippen molar-refractivity contribution in [3.8, 4) is 17.6 Å². The molecule has 0 radical (unpaired) electrons. The zero-order chi connectivity index (χ0) is 23.1. The summed E-state index contributed by atoms with van der Waals surface area (Å²) in [5.41, 5.74) is 2.64. The van der Waals surface area contributed by atoms with Gasteiger partial charge < -0.3 is 15.7 Å². The number of sulfonamides is 1. The predicted octanol–water partition coefficient (Wildman–Crippen LogP) is 3.17. The third-order valence-corrected chi connectivity index (χ3v) is 6.18. The van der Waals surface area contributed by atoms with Gasteiger partial charge in [-0.2, -0.15) is 0 Å². The van der Waals surface area contributed by atoms with Crippen LogP contribution in [0.1, 0.15) is 17.0 Å². The van der Waals surface area contributed by atoms with Crippen LogP contribution in [0.2, 0.25) is 0 Å². The molecule has 0 saturated carbocycles. The van der Waals surface area contributed by atoms with Gasteiger partial charge in [-0.25, -0.2) is 18.1 Å². The van der Waals surface area contributed by atoms with E-state index < -0.39 is 10.0 Å². The standard InChI is InChI=1S/C22H22N4O4S2/c1-3-32(29,30)24-11-9-21(28)26-18-8-4-7-17(14-18)23-10-5-6-16-12-19(27)22-20(13-16)31-15(2)25-22/h3-4,7-8,12-14,23-24,27H,1,9-11H2,2H3,(H,26,28). The van der Waals surface area contributed by atoms with E-state index in [-0.39, 0.29) is 24.6 Å². The van der Waals surface area contributed by atoms with Crippen LogP contribution in [0.4, 0.5) is 11.4 Å². The number of phenols is 1. The molecule has 0 atom stereocenters. The monoisotopic (exact) mass is 470 g/mol. The Labute approximate surface area is 190 Å². The van der Waals surface area contributed by atoms with Crippen molar-refractivity contribution in [1.29, 1.82) is 0 Å². The smallest absolute Gasteiger partial charge is 0.233 e. The summed E-state index contributed by atoms with van der Waals surface area (Å²) >= 11 is 1.50. The van der Waals surface area contributed by atoms with E-state index in [4.69, 9.17) is 0 Å². The molecule has 0 saturated heterocycles. The number of nitrogens with one attached hydrogen (secondary N) is 3. The lowest BCUT2D eigenvalue weighted by Crippen LogP contribution is -2.26. The van der Waals surface area contributed by atoms with E-state index in [9.17, 15) is 18.3 Å². The Kier molecular flexibility index (Phi) is 7.48. The van der Waals surface area contributed by atoms with Crippen molar-refractivity contribution in [2.45, 2.75) is 13.3 Å². The lowest BCUT2D eigenvalue weighted by molar-refractivity contribution is -0.116. The highest BCUT2D eigenvalue weighted by atomic mass is 32.2. The zero-order valence-corrected chi connectivity index (χ0v) is 18.9. The predicted molar refractivity (Wildman–Crippen MR) is 128 cm³/mol. The topological polar surface area (TPSA) is 120 Å². The van der Waals surface area contributed by atoms with E-state index in [1.54, 1.807) is 24.3 Å². The highest BCUT2D eigenvalue weighted by Gasteiger charge is 2.08. The van der Waals surface area contributed by atoms with Crippen molar-refractivity contribution in [3.05, 3.63) is 59.0 Å². The van der Waals surface area contributed by atoms with E-state index in [1.165, 1.54) is 11.3 Å². The largest absolute Gasteiger partial charge is 0.506 e. The van der Waals surface area contributed by atoms with Gasteiger partial charge in [-0.1, -0.05) is 24.5 Å². The number of anilines is 2. The van der Waals surface area contributed by atoms with Crippen LogP contribution >= 0.6 is 11.3 Å². The molecule has 0 spiro atoms. The Hall–Kier alpha value is -3.39. The lowest BCUT2D eigenvalue weighted by Gasteiger charge is -2.08. The summed E-state index contributed by atoms with van der Waals surface area (Å²) in [6.45, 7) is 5.43. The summed E-state index contributed by atoms with van der Waals surface area (Å²) in [5, 5.41) is 17.6. The van der Waals surface area contributed by atoms with Crippen molar-refractivity contribution in [1.82, 2.24) is 9.71 Å². The molecular formula is C22H22N4O4S2. The van der Waals surface area contributed by atoms with Gasteiger partial charge in [0, 0.05) is 35.3 Å². The highest BCUT2D eigenvalue weighted by Crippen LogP contribution is 2.30. The van der Waals surface area contributed by atoms with Gasteiger partial charge in [-0.15, -0.1) is 11.3 Å². The molecule has 8 nitrogen and oxygen atoms in total. The number of amides is 1. The van der Waals surface area contributed by atoms with Crippen molar-refractivity contribution in [3.63, 3.8) is 0 Å². The van der Waals surface area contributed by atoms with Crippen LogP contribution in [-0.2, 0) is 14.8 Å². The van der Waals surface area contributed by atoms with E-state index >= 15 is 0 Å². The summed E-state index contributed by atoms with van der Waals surface area (Å²) in [6, 6.07) is 10.6. The minimum atomic E-state index is -3.55. The van der Waals surface area contributed by atoms with Crippen molar-refractivity contribution < 1.29 is 18.3 Å². The number of fused-ring (bicyclic) bond motifs is 1. The zero-order valence-electron chi connectivity index (χ0n) is 17.3. The first-order valence-electron chi connectivity index (χ1n) is 9.60. The summed E-state index contributed by atoms with van der Waals surface area (Å²) in [5.74, 6) is 5.82. The van der Waals surface area contributed by atoms with Gasteiger partial charge in [0.05, 0.1) is 16.3 Å². The number of thiazole rings is 1. The second-order valence-corrected chi connectivity index (χ2v) is 9.66. The minimum absolute atomic E-state index is 0.00727. The number of aromatic hydroxyl groups is 1. The normalized spacial score (nSPS) is 10.9. The van der Waals surface area contributed by atoms with E-state index in [0.717, 1.165) is 20.8 Å². The van der Waals surface area contributed by atoms with Crippen molar-refractivity contribution in [2.75, 3.05) is 23.7 Å². The highest BCUT2D eigenvalue weighted by molar-refractivity contribution is 7.92. The number of hydrogen-bond acceptors (Lipinski definition) is 7. The van der Waals surface area contributed by atoms with E-state index in [0.29, 0.717) is 23.3 Å². The fourth-order valence-corrected chi connectivity index (χ4v) is 4.18. The molecule has 1 amide bonds. The molecule has 0 aliphatic rings. The number of carbonyl (C=O) groups is 1. The van der Waals surface area contributed by atoms with Gasteiger partial charge in [0.2, 0.25) is 15.9 Å². The average molecular weight is 471 g/mol. The fraction of sp³-hybridized carbons (Fsp3) is 0.182. The first-order valence-corrected chi connectivity index (χ1v) is 12.0. The number of phenolic OH excluding ortho intramolecular Hbond substituents is 1. The second-order valence-electron chi connectivity index (χ2n) is 6.72. The van der Waals surface area contributed by atoms with E-state index in [1.807, 2.05) is 19.1 Å². The number of hydrogen-bond donors (Lipinski definition) is 4. The van der Waals surface area contributed by atoms with Crippen LogP contribution in [0.15, 0.2) is 48.4 Å². The molecule has 3 rings (SSSR count). The van der Waals surface area contributed by atoms with Crippen LogP contribution in [0.3, 0.4) is 0 Å². The third-order valence-electron chi connectivity index (χ3n) is 4.22. The van der Waals surface area contributed by atoms with Crippen LogP contribution in [0.5, 0.6) is 5.75 Å². The second kappa shape index (κ2) is 10.3. The molecule has 0 aliphatic heterocycles. The van der Waals surface area contributed by atoms with Gasteiger partial charge in [-0.05, 0) is 37.3 Å². The van der Waals surface area contributed by atoms with Gasteiger partial charge in [0.15, 0.2) is 0 Å². The maximum Gasteiger partial charge on any atom is 0.233 e. The molecule has 0 fully saturated rings. The van der Waals surface area contributed by atoms with Gasteiger partial charge in [0.25, 0.3) is 0 Å². The van der Waals surface area contributed by atoms with Crippen LogP contribution in [0.25, 0.3) is 10.2 Å². The lowest BCUT2D eigenvalue weighted by atomic mass is 10.2. The van der Waals surface area contributed by atoms with Gasteiger partial charge in [0.1, 0.15) is 11.3 Å². The molecule has 0 unspecified atom stereocenters. The number of carbonyl (C=O) groups excluding carboxylic acids is 1. The first-order chi connectivity index (χ1) is 15.3. The number of aromatic nitrogens is 1. The van der Waals surface area contributed by atoms with Crippen LogP contribution in [0, 0.1) is 18.8 Å². The Morgan fingerprint density at radius 1 is 1.28 bits per heavy atom. The molecule has 0 aliphatic carbocycles. The maximum atomic E-state index is 12.0. The quantitative estimate of drug-likeness (QED) is 0.375. The number of nitrogens with zero attached hydrogens (tertiary/aromatic N) is 1. The first kappa shape index (κ1) is 23.3.